The van der Waals surface area contributed by atoms with Gasteiger partial charge in [0, 0.05) is 5.69 Å². The fourth-order valence-electron chi connectivity index (χ4n) is 1.54. The van der Waals surface area contributed by atoms with E-state index in [0.717, 1.165) is 12.1 Å². The van der Waals surface area contributed by atoms with Crippen LogP contribution in [0.2, 0.25) is 0 Å². The summed E-state index contributed by atoms with van der Waals surface area (Å²) in [5.74, 6) is -1.19. The van der Waals surface area contributed by atoms with Gasteiger partial charge in [-0.05, 0) is 31.2 Å². The summed E-state index contributed by atoms with van der Waals surface area (Å²) in [5, 5.41) is 11.4. The number of nitriles is 1. The normalized spacial score (nSPS) is 9.89. The molecule has 0 radical (unpaired) electrons. The molecule has 1 N–H and O–H groups in total. The van der Waals surface area contributed by atoms with E-state index in [1.165, 1.54) is 12.1 Å². The lowest BCUT2D eigenvalue weighted by molar-refractivity contribution is 0.590. The van der Waals surface area contributed by atoms with Gasteiger partial charge in [0.25, 0.3) is 0 Å². The molecule has 1 aromatic carbocycles. The third-order valence-corrected chi connectivity index (χ3v) is 2.30. The fraction of sp³-hybridized carbons (Fsp3) is 0.0769. The predicted octanol–water partition coefficient (Wildman–Crippen LogP) is 3.28. The van der Waals surface area contributed by atoms with E-state index in [-0.39, 0.29) is 11.5 Å². The highest BCUT2D eigenvalue weighted by atomic mass is 19.1. The number of anilines is 2. The molecule has 0 aliphatic heterocycles. The summed E-state index contributed by atoms with van der Waals surface area (Å²) in [6.07, 6.45) is 0. The number of aromatic nitrogens is 1. The maximum atomic E-state index is 13.4. The second-order valence-electron chi connectivity index (χ2n) is 3.72. The van der Waals surface area contributed by atoms with Crippen molar-refractivity contribution < 1.29 is 8.78 Å². The molecule has 0 spiro atoms. The van der Waals surface area contributed by atoms with Gasteiger partial charge in [0.05, 0.1) is 11.6 Å². The SMILES string of the molecule is Cc1cc(C#N)cc(Nc2c(F)cccc2F)n1. The van der Waals surface area contributed by atoms with E-state index >= 15 is 0 Å². The van der Waals surface area contributed by atoms with Crippen molar-refractivity contribution in [2.24, 2.45) is 0 Å². The second kappa shape index (κ2) is 4.80. The predicted molar refractivity (Wildman–Crippen MR) is 63.3 cm³/mol. The highest BCUT2D eigenvalue weighted by molar-refractivity contribution is 5.59. The number of nitrogens with zero attached hydrogens (tertiary/aromatic N) is 2. The Kier molecular flexibility index (Phi) is 3.20. The molecule has 0 amide bonds. The molecule has 3 nitrogen and oxygen atoms in total. The van der Waals surface area contributed by atoms with Crippen molar-refractivity contribution in [1.82, 2.24) is 4.98 Å². The summed E-state index contributed by atoms with van der Waals surface area (Å²) in [5.41, 5.74) is 0.689. The minimum Gasteiger partial charge on any atom is -0.335 e. The molecular weight excluding hydrogens is 236 g/mol. The van der Waals surface area contributed by atoms with Gasteiger partial charge >= 0.3 is 0 Å². The molecule has 0 fully saturated rings. The average Bonchev–Trinajstić information content (AvgIpc) is 2.33. The van der Waals surface area contributed by atoms with E-state index in [9.17, 15) is 8.78 Å². The van der Waals surface area contributed by atoms with Gasteiger partial charge in [0.15, 0.2) is 0 Å². The van der Waals surface area contributed by atoms with E-state index in [4.69, 9.17) is 5.26 Å². The summed E-state index contributed by atoms with van der Waals surface area (Å²) in [6.45, 7) is 1.70. The molecule has 1 heterocycles. The van der Waals surface area contributed by atoms with Crippen LogP contribution in [0.5, 0.6) is 0 Å². The fourth-order valence-corrected chi connectivity index (χ4v) is 1.54. The molecule has 1 aromatic heterocycles. The highest BCUT2D eigenvalue weighted by Gasteiger charge is 2.09. The Labute approximate surface area is 103 Å². The van der Waals surface area contributed by atoms with Crippen LogP contribution in [0, 0.1) is 29.9 Å². The molecule has 0 atom stereocenters. The van der Waals surface area contributed by atoms with Gasteiger partial charge in [-0.3, -0.25) is 0 Å². The number of para-hydroxylation sites is 1. The number of hydrogen-bond donors (Lipinski definition) is 1. The van der Waals surface area contributed by atoms with Crippen molar-refractivity contribution in [2.75, 3.05) is 5.32 Å². The zero-order chi connectivity index (χ0) is 13.1. The molecule has 18 heavy (non-hydrogen) atoms. The van der Waals surface area contributed by atoms with Gasteiger partial charge in [0.1, 0.15) is 23.1 Å². The van der Waals surface area contributed by atoms with Crippen LogP contribution in [0.1, 0.15) is 11.3 Å². The van der Waals surface area contributed by atoms with Crippen LogP contribution in [-0.2, 0) is 0 Å². The minimum absolute atomic E-state index is 0.232. The number of rotatable bonds is 2. The Morgan fingerprint density at radius 3 is 2.50 bits per heavy atom. The first-order valence-electron chi connectivity index (χ1n) is 5.20. The minimum atomic E-state index is -0.711. The average molecular weight is 245 g/mol. The molecule has 0 aliphatic carbocycles. The first kappa shape index (κ1) is 12.0. The zero-order valence-corrected chi connectivity index (χ0v) is 9.54. The lowest BCUT2D eigenvalue weighted by atomic mass is 10.2. The number of hydrogen-bond acceptors (Lipinski definition) is 3. The largest absolute Gasteiger partial charge is 0.335 e. The number of aryl methyl sites for hydroxylation is 1. The highest BCUT2D eigenvalue weighted by Crippen LogP contribution is 2.22. The Morgan fingerprint density at radius 2 is 1.89 bits per heavy atom. The lowest BCUT2D eigenvalue weighted by Gasteiger charge is -2.08. The van der Waals surface area contributed by atoms with Crippen LogP contribution in [0.4, 0.5) is 20.3 Å². The Balaban J connectivity index is 2.40. The van der Waals surface area contributed by atoms with E-state index in [1.54, 1.807) is 13.0 Å². The summed E-state index contributed by atoms with van der Waals surface area (Å²) >= 11 is 0. The molecule has 0 saturated carbocycles. The van der Waals surface area contributed by atoms with Gasteiger partial charge < -0.3 is 5.32 Å². The molecule has 5 heteroatoms. The third-order valence-electron chi connectivity index (χ3n) is 2.30. The van der Waals surface area contributed by atoms with E-state index in [1.807, 2.05) is 6.07 Å². The molecule has 2 aromatic rings. The third kappa shape index (κ3) is 2.43. The Hall–Kier alpha value is -2.48. The van der Waals surface area contributed by atoms with Gasteiger partial charge in [-0.2, -0.15) is 5.26 Å². The topological polar surface area (TPSA) is 48.7 Å². The van der Waals surface area contributed by atoms with Crippen molar-refractivity contribution in [1.29, 1.82) is 5.26 Å². The van der Waals surface area contributed by atoms with Crippen LogP contribution in [-0.4, -0.2) is 4.98 Å². The van der Waals surface area contributed by atoms with E-state index in [2.05, 4.69) is 10.3 Å². The van der Waals surface area contributed by atoms with Crippen LogP contribution < -0.4 is 5.32 Å². The maximum Gasteiger partial charge on any atom is 0.149 e. The Bertz CT molecular complexity index is 612. The van der Waals surface area contributed by atoms with Gasteiger partial charge in [0.2, 0.25) is 0 Å². The molecule has 0 bridgehead atoms. The number of pyridine rings is 1. The lowest BCUT2D eigenvalue weighted by Crippen LogP contribution is -2.00. The van der Waals surface area contributed by atoms with Crippen molar-refractivity contribution in [3.8, 4) is 6.07 Å². The zero-order valence-electron chi connectivity index (χ0n) is 9.54. The molecule has 0 saturated heterocycles. The molecule has 2 rings (SSSR count). The van der Waals surface area contributed by atoms with Crippen molar-refractivity contribution in [3.63, 3.8) is 0 Å². The van der Waals surface area contributed by atoms with Crippen LogP contribution in [0.25, 0.3) is 0 Å². The van der Waals surface area contributed by atoms with Crippen LogP contribution in [0.3, 0.4) is 0 Å². The monoisotopic (exact) mass is 245 g/mol. The van der Waals surface area contributed by atoms with Crippen molar-refractivity contribution in [2.45, 2.75) is 6.92 Å². The quantitative estimate of drug-likeness (QED) is 0.883. The summed E-state index contributed by atoms with van der Waals surface area (Å²) in [7, 11) is 0. The van der Waals surface area contributed by atoms with Gasteiger partial charge in [-0.15, -0.1) is 0 Å². The molecule has 0 aliphatic rings. The smallest absolute Gasteiger partial charge is 0.149 e. The van der Waals surface area contributed by atoms with Crippen LogP contribution in [0.15, 0.2) is 30.3 Å². The Morgan fingerprint density at radius 1 is 1.22 bits per heavy atom. The summed E-state index contributed by atoms with van der Waals surface area (Å²) < 4.78 is 26.8. The molecular formula is C13H9F2N3. The number of nitrogens with one attached hydrogen (secondary N) is 1. The van der Waals surface area contributed by atoms with Gasteiger partial charge in [-0.1, -0.05) is 6.07 Å². The second-order valence-corrected chi connectivity index (χ2v) is 3.72. The summed E-state index contributed by atoms with van der Waals surface area (Å²) in [4.78, 5) is 4.06. The van der Waals surface area contributed by atoms with Crippen molar-refractivity contribution in [3.05, 3.63) is 53.2 Å². The summed E-state index contributed by atoms with van der Waals surface area (Å²) in [6, 6.07) is 8.54. The standard InChI is InChI=1S/C13H9F2N3/c1-8-5-9(7-16)6-12(17-8)18-13-10(14)3-2-4-11(13)15/h2-6H,1H3,(H,17,18). The molecule has 90 valence electrons. The van der Waals surface area contributed by atoms with E-state index < -0.39 is 11.6 Å². The molecule has 0 unspecified atom stereocenters. The van der Waals surface area contributed by atoms with Crippen molar-refractivity contribution >= 4 is 11.5 Å². The number of benzene rings is 1. The first-order valence-corrected chi connectivity index (χ1v) is 5.20. The number of halogens is 2. The first-order chi connectivity index (χ1) is 8.60. The van der Waals surface area contributed by atoms with Crippen LogP contribution >= 0.6 is 0 Å². The van der Waals surface area contributed by atoms with E-state index in [0.29, 0.717) is 11.3 Å². The van der Waals surface area contributed by atoms with Gasteiger partial charge in [-0.25, -0.2) is 13.8 Å². The maximum absolute atomic E-state index is 13.4.